The van der Waals surface area contributed by atoms with Crippen LogP contribution in [0.4, 0.5) is 0 Å². The molecule has 1 saturated carbocycles. The summed E-state index contributed by atoms with van der Waals surface area (Å²) in [5, 5.41) is 0. The van der Waals surface area contributed by atoms with Crippen molar-refractivity contribution >= 4 is 0 Å². The van der Waals surface area contributed by atoms with Crippen molar-refractivity contribution in [3.8, 4) is 0 Å². The lowest BCUT2D eigenvalue weighted by atomic mass is 9.74. The highest BCUT2D eigenvalue weighted by molar-refractivity contribution is 5.34. The molecule has 1 aromatic heterocycles. The van der Waals surface area contributed by atoms with Gasteiger partial charge in [-0.15, -0.1) is 0 Å². The van der Waals surface area contributed by atoms with Gasteiger partial charge in [0.25, 0.3) is 0 Å². The van der Waals surface area contributed by atoms with Gasteiger partial charge in [-0.05, 0) is 56.1 Å². The van der Waals surface area contributed by atoms with Crippen LogP contribution >= 0.6 is 0 Å². The molecule has 0 aliphatic heterocycles. The highest BCUT2D eigenvalue weighted by Crippen LogP contribution is 2.43. The molecule has 0 spiro atoms. The van der Waals surface area contributed by atoms with Gasteiger partial charge in [0.05, 0.1) is 0 Å². The number of aryl methyl sites for hydroxylation is 1. The maximum absolute atomic E-state index is 6.40. The minimum atomic E-state index is 0.229. The van der Waals surface area contributed by atoms with Crippen molar-refractivity contribution in [3.63, 3.8) is 0 Å². The second-order valence-electron chi connectivity index (χ2n) is 7.74. The van der Waals surface area contributed by atoms with Gasteiger partial charge < -0.3 is 10.3 Å². The lowest BCUT2D eigenvalue weighted by Gasteiger charge is -2.35. The molecular weight excluding hydrogens is 232 g/mol. The minimum absolute atomic E-state index is 0.229. The number of nitrogens with zero attached hydrogens (tertiary/aromatic N) is 1. The summed E-state index contributed by atoms with van der Waals surface area (Å²) in [4.78, 5) is 0. The van der Waals surface area contributed by atoms with Crippen LogP contribution in [0.2, 0.25) is 0 Å². The quantitative estimate of drug-likeness (QED) is 0.870. The molecule has 0 amide bonds. The van der Waals surface area contributed by atoms with E-state index in [1.807, 2.05) is 0 Å². The first-order valence-corrected chi connectivity index (χ1v) is 7.83. The van der Waals surface area contributed by atoms with Crippen molar-refractivity contribution in [2.24, 2.45) is 17.1 Å². The SMILES string of the molecule is Cc1cc2c(n1C(C)CC1CC1)CC(C)(C)CC2N. The molecule has 106 valence electrons. The van der Waals surface area contributed by atoms with Gasteiger partial charge in [-0.1, -0.05) is 26.7 Å². The zero-order valence-corrected chi connectivity index (χ0v) is 12.9. The molecule has 2 unspecified atom stereocenters. The lowest BCUT2D eigenvalue weighted by molar-refractivity contribution is 0.270. The average Bonchev–Trinajstić information content (AvgIpc) is 3.00. The third-order valence-electron chi connectivity index (χ3n) is 5.00. The monoisotopic (exact) mass is 260 g/mol. The van der Waals surface area contributed by atoms with E-state index in [0.717, 1.165) is 12.3 Å². The minimum Gasteiger partial charge on any atom is -0.346 e. The van der Waals surface area contributed by atoms with Crippen molar-refractivity contribution in [2.75, 3.05) is 0 Å². The van der Waals surface area contributed by atoms with E-state index < -0.39 is 0 Å². The third-order valence-corrected chi connectivity index (χ3v) is 5.00. The number of fused-ring (bicyclic) bond motifs is 1. The molecule has 19 heavy (non-hydrogen) atoms. The molecule has 2 nitrogen and oxygen atoms in total. The van der Waals surface area contributed by atoms with Crippen LogP contribution in [0.3, 0.4) is 0 Å². The summed E-state index contributed by atoms with van der Waals surface area (Å²) in [6.45, 7) is 9.35. The molecule has 0 saturated heterocycles. The summed E-state index contributed by atoms with van der Waals surface area (Å²) in [6, 6.07) is 3.21. The number of rotatable bonds is 3. The van der Waals surface area contributed by atoms with Crippen molar-refractivity contribution in [3.05, 3.63) is 23.0 Å². The van der Waals surface area contributed by atoms with E-state index in [-0.39, 0.29) is 6.04 Å². The maximum atomic E-state index is 6.40. The number of nitrogens with two attached hydrogens (primary N) is 1. The van der Waals surface area contributed by atoms with Crippen LogP contribution in [0.15, 0.2) is 6.07 Å². The van der Waals surface area contributed by atoms with Gasteiger partial charge in [-0.25, -0.2) is 0 Å². The van der Waals surface area contributed by atoms with Crippen LogP contribution in [-0.4, -0.2) is 4.57 Å². The van der Waals surface area contributed by atoms with Crippen molar-refractivity contribution in [1.82, 2.24) is 4.57 Å². The van der Waals surface area contributed by atoms with Gasteiger partial charge in [-0.3, -0.25) is 0 Å². The molecule has 2 heteroatoms. The molecule has 2 N–H and O–H groups in total. The van der Waals surface area contributed by atoms with Gasteiger partial charge in [0.15, 0.2) is 0 Å². The third kappa shape index (κ3) is 2.47. The maximum Gasteiger partial charge on any atom is 0.0318 e. The Hall–Kier alpha value is -0.760. The van der Waals surface area contributed by atoms with E-state index in [1.165, 1.54) is 42.6 Å². The van der Waals surface area contributed by atoms with Gasteiger partial charge in [0.2, 0.25) is 0 Å². The molecule has 0 aromatic carbocycles. The zero-order chi connectivity index (χ0) is 13.8. The van der Waals surface area contributed by atoms with Crippen LogP contribution in [0.1, 0.15) is 75.5 Å². The Morgan fingerprint density at radius 3 is 2.74 bits per heavy atom. The zero-order valence-electron chi connectivity index (χ0n) is 12.9. The molecule has 0 bridgehead atoms. The van der Waals surface area contributed by atoms with Crippen LogP contribution in [0.5, 0.6) is 0 Å². The Kier molecular flexibility index (Phi) is 3.05. The van der Waals surface area contributed by atoms with E-state index in [9.17, 15) is 0 Å². The van der Waals surface area contributed by atoms with Crippen LogP contribution < -0.4 is 5.73 Å². The second kappa shape index (κ2) is 4.37. The summed E-state index contributed by atoms with van der Waals surface area (Å²) < 4.78 is 2.59. The number of hydrogen-bond donors (Lipinski definition) is 1. The standard InChI is InChI=1S/C17H28N2/c1-11(7-13-5-6-13)19-12(2)8-14-15(18)9-17(3,4)10-16(14)19/h8,11,13,15H,5-7,9-10,18H2,1-4H3. The van der Waals surface area contributed by atoms with Crippen LogP contribution in [-0.2, 0) is 6.42 Å². The highest BCUT2D eigenvalue weighted by atomic mass is 15.0. The molecule has 2 aliphatic carbocycles. The summed E-state index contributed by atoms with van der Waals surface area (Å²) in [7, 11) is 0. The van der Waals surface area contributed by atoms with E-state index in [0.29, 0.717) is 11.5 Å². The van der Waals surface area contributed by atoms with Crippen molar-refractivity contribution < 1.29 is 0 Å². The Balaban J connectivity index is 1.96. The molecule has 2 aliphatic rings. The fourth-order valence-corrected chi connectivity index (χ4v) is 4.02. The first kappa shape index (κ1) is 13.2. The fraction of sp³-hybridized carbons (Fsp3) is 0.765. The topological polar surface area (TPSA) is 30.9 Å². The summed E-state index contributed by atoms with van der Waals surface area (Å²) in [5.74, 6) is 0.984. The molecule has 1 heterocycles. The van der Waals surface area contributed by atoms with E-state index in [1.54, 1.807) is 0 Å². The van der Waals surface area contributed by atoms with Gasteiger partial charge in [-0.2, -0.15) is 0 Å². The molecule has 1 fully saturated rings. The summed E-state index contributed by atoms with van der Waals surface area (Å²) in [5.41, 5.74) is 11.1. The predicted octanol–water partition coefficient (Wildman–Crippen LogP) is 4.13. The van der Waals surface area contributed by atoms with Gasteiger partial charge in [0, 0.05) is 23.5 Å². The Morgan fingerprint density at radius 1 is 1.42 bits per heavy atom. The van der Waals surface area contributed by atoms with Crippen molar-refractivity contribution in [1.29, 1.82) is 0 Å². The van der Waals surface area contributed by atoms with E-state index in [2.05, 4.69) is 38.3 Å². The first-order chi connectivity index (χ1) is 8.87. The van der Waals surface area contributed by atoms with Crippen molar-refractivity contribution in [2.45, 2.75) is 71.9 Å². The van der Waals surface area contributed by atoms with Crippen LogP contribution in [0.25, 0.3) is 0 Å². The number of hydrogen-bond acceptors (Lipinski definition) is 1. The lowest BCUT2D eigenvalue weighted by Crippen LogP contribution is -2.31. The largest absolute Gasteiger partial charge is 0.346 e. The summed E-state index contributed by atoms with van der Waals surface area (Å²) in [6.07, 6.45) is 6.52. The van der Waals surface area contributed by atoms with Gasteiger partial charge in [0.1, 0.15) is 0 Å². The first-order valence-electron chi connectivity index (χ1n) is 7.83. The number of aromatic nitrogens is 1. The predicted molar refractivity (Wildman–Crippen MR) is 80.3 cm³/mol. The smallest absolute Gasteiger partial charge is 0.0318 e. The fourth-order valence-electron chi connectivity index (χ4n) is 4.02. The molecule has 1 aromatic rings. The molecule has 0 radical (unpaired) electrons. The molecule has 2 atom stereocenters. The molecular formula is C17H28N2. The highest BCUT2D eigenvalue weighted by Gasteiger charge is 2.34. The van der Waals surface area contributed by atoms with E-state index >= 15 is 0 Å². The molecule has 3 rings (SSSR count). The average molecular weight is 260 g/mol. The Morgan fingerprint density at radius 2 is 2.11 bits per heavy atom. The Bertz CT molecular complexity index is 480. The second-order valence-corrected chi connectivity index (χ2v) is 7.74. The summed E-state index contributed by atoms with van der Waals surface area (Å²) >= 11 is 0. The van der Waals surface area contributed by atoms with Crippen LogP contribution in [0, 0.1) is 18.3 Å². The normalized spacial score (nSPS) is 27.1. The van der Waals surface area contributed by atoms with E-state index in [4.69, 9.17) is 5.73 Å². The Labute approximate surface area is 117 Å². The van der Waals surface area contributed by atoms with Gasteiger partial charge >= 0.3 is 0 Å².